The van der Waals surface area contributed by atoms with Gasteiger partial charge in [0.2, 0.25) is 0 Å². The molecule has 1 amide bonds. The predicted molar refractivity (Wildman–Crippen MR) is 106 cm³/mol. The molecule has 0 saturated carbocycles. The van der Waals surface area contributed by atoms with Crippen molar-refractivity contribution in [3.63, 3.8) is 0 Å². The van der Waals surface area contributed by atoms with E-state index >= 15 is 0 Å². The Balaban J connectivity index is 1.55. The number of amides is 1. The maximum absolute atomic E-state index is 12.3. The second kappa shape index (κ2) is 8.91. The number of hydrogen-bond donors (Lipinski definition) is 2. The number of hydrogen-bond acceptors (Lipinski definition) is 3. The van der Waals surface area contributed by atoms with E-state index in [-0.39, 0.29) is 18.6 Å². The molecule has 2 aromatic carbocycles. The lowest BCUT2D eigenvalue weighted by atomic mass is 10.0. The van der Waals surface area contributed by atoms with Crippen LogP contribution >= 0.6 is 0 Å². The van der Waals surface area contributed by atoms with Gasteiger partial charge in [0.1, 0.15) is 17.5 Å². The van der Waals surface area contributed by atoms with Crippen LogP contribution in [0, 0.1) is 0 Å². The highest BCUT2D eigenvalue weighted by molar-refractivity contribution is 5.77. The first-order valence-electron chi connectivity index (χ1n) is 9.52. The third kappa shape index (κ3) is 4.80. The highest BCUT2D eigenvalue weighted by Gasteiger charge is 2.22. The number of aryl methyl sites for hydroxylation is 2. The van der Waals surface area contributed by atoms with Crippen molar-refractivity contribution in [2.24, 2.45) is 0 Å². The lowest BCUT2D eigenvalue weighted by Gasteiger charge is -2.23. The van der Waals surface area contributed by atoms with Crippen molar-refractivity contribution >= 4 is 5.91 Å². The second-order valence-electron chi connectivity index (χ2n) is 7.25. The third-order valence-corrected chi connectivity index (χ3v) is 5.15. The van der Waals surface area contributed by atoms with Crippen molar-refractivity contribution in [2.45, 2.75) is 25.3 Å². The molecule has 1 aliphatic rings. The Morgan fingerprint density at radius 2 is 1.93 bits per heavy atom. The van der Waals surface area contributed by atoms with Crippen molar-refractivity contribution in [3.8, 4) is 11.5 Å². The van der Waals surface area contributed by atoms with Gasteiger partial charge in [0.05, 0.1) is 33.3 Å². The fourth-order valence-corrected chi connectivity index (χ4v) is 3.63. The van der Waals surface area contributed by atoms with Gasteiger partial charge in [-0.25, -0.2) is 0 Å². The molecule has 0 aromatic heterocycles. The summed E-state index contributed by atoms with van der Waals surface area (Å²) in [4.78, 5) is 13.5. The number of ether oxygens (including phenoxy) is 2. The minimum Gasteiger partial charge on any atom is -0.496 e. The molecule has 3 rings (SSSR count). The van der Waals surface area contributed by atoms with E-state index in [9.17, 15) is 4.79 Å². The number of fused-ring (bicyclic) bond motifs is 1. The zero-order valence-corrected chi connectivity index (χ0v) is 16.4. The van der Waals surface area contributed by atoms with Crippen molar-refractivity contribution in [2.75, 3.05) is 34.4 Å². The summed E-state index contributed by atoms with van der Waals surface area (Å²) < 4.78 is 11.2. The summed E-state index contributed by atoms with van der Waals surface area (Å²) in [6.45, 7) is 0.551. The molecule has 1 aliphatic carbocycles. The van der Waals surface area contributed by atoms with Crippen LogP contribution in [-0.4, -0.2) is 40.3 Å². The highest BCUT2D eigenvalue weighted by atomic mass is 16.5. The van der Waals surface area contributed by atoms with E-state index in [1.165, 1.54) is 22.4 Å². The van der Waals surface area contributed by atoms with Crippen molar-refractivity contribution < 1.29 is 19.2 Å². The standard InChI is InChI=1S/C22H28N2O3/c1-24(2)20(19-9-4-5-10-21(19)26-3)14-23-22(25)15-27-18-12-11-16-7-6-8-17(16)13-18/h4-5,9-13,20H,6-8,14-15H2,1-3H3,(H,23,25)/p+1/t20-/m1/s1. The first kappa shape index (κ1) is 19.2. The Bertz CT molecular complexity index is 789. The Hall–Kier alpha value is -2.53. The summed E-state index contributed by atoms with van der Waals surface area (Å²) in [5.41, 5.74) is 3.83. The molecular formula is C22H29N2O3+. The first-order valence-corrected chi connectivity index (χ1v) is 9.52. The van der Waals surface area contributed by atoms with Crippen LogP contribution in [0.4, 0.5) is 0 Å². The summed E-state index contributed by atoms with van der Waals surface area (Å²) in [5.74, 6) is 1.49. The Kier molecular flexibility index (Phi) is 6.35. The molecule has 0 bridgehead atoms. The molecule has 27 heavy (non-hydrogen) atoms. The minimum absolute atomic E-state index is 0.0280. The van der Waals surface area contributed by atoms with Crippen LogP contribution in [0.3, 0.4) is 0 Å². The topological polar surface area (TPSA) is 52.0 Å². The molecule has 0 saturated heterocycles. The van der Waals surface area contributed by atoms with Gasteiger partial charge in [-0.3, -0.25) is 4.79 Å². The molecule has 0 fully saturated rings. The van der Waals surface area contributed by atoms with Crippen LogP contribution in [0.1, 0.15) is 29.2 Å². The molecule has 0 unspecified atom stereocenters. The van der Waals surface area contributed by atoms with Gasteiger partial charge >= 0.3 is 0 Å². The van der Waals surface area contributed by atoms with Crippen LogP contribution in [0.2, 0.25) is 0 Å². The number of carbonyl (C=O) groups excluding carboxylic acids is 1. The van der Waals surface area contributed by atoms with Crippen LogP contribution in [0.5, 0.6) is 11.5 Å². The fraction of sp³-hybridized carbons (Fsp3) is 0.409. The number of benzene rings is 2. The van der Waals surface area contributed by atoms with Crippen molar-refractivity contribution in [1.82, 2.24) is 5.32 Å². The van der Waals surface area contributed by atoms with Gasteiger partial charge < -0.3 is 19.7 Å². The summed E-state index contributed by atoms with van der Waals surface area (Å²) in [7, 11) is 5.82. The van der Waals surface area contributed by atoms with Crippen molar-refractivity contribution in [1.29, 1.82) is 0 Å². The van der Waals surface area contributed by atoms with Crippen LogP contribution < -0.4 is 19.7 Å². The van der Waals surface area contributed by atoms with E-state index in [0.29, 0.717) is 6.54 Å². The predicted octanol–water partition coefficient (Wildman–Crippen LogP) is 1.56. The monoisotopic (exact) mass is 369 g/mol. The normalized spacial score (nSPS) is 13.9. The maximum Gasteiger partial charge on any atom is 0.258 e. The molecule has 0 aliphatic heterocycles. The van der Waals surface area contributed by atoms with Gasteiger partial charge in [0.15, 0.2) is 6.61 Å². The number of quaternary nitrogens is 1. The van der Waals surface area contributed by atoms with Gasteiger partial charge in [0.25, 0.3) is 5.91 Å². The highest BCUT2D eigenvalue weighted by Crippen LogP contribution is 2.26. The number of rotatable bonds is 8. The first-order chi connectivity index (χ1) is 13.1. The summed E-state index contributed by atoms with van der Waals surface area (Å²) in [6, 6.07) is 14.2. The summed E-state index contributed by atoms with van der Waals surface area (Å²) >= 11 is 0. The smallest absolute Gasteiger partial charge is 0.258 e. The number of nitrogens with one attached hydrogen (secondary N) is 2. The molecule has 5 heteroatoms. The zero-order valence-electron chi connectivity index (χ0n) is 16.4. The third-order valence-electron chi connectivity index (χ3n) is 5.15. The van der Waals surface area contributed by atoms with E-state index in [0.717, 1.165) is 29.9 Å². The molecule has 0 spiro atoms. The van der Waals surface area contributed by atoms with E-state index in [1.807, 2.05) is 30.3 Å². The molecule has 2 aromatic rings. The Labute approximate surface area is 161 Å². The van der Waals surface area contributed by atoms with E-state index < -0.39 is 0 Å². The molecule has 2 N–H and O–H groups in total. The average Bonchev–Trinajstić information content (AvgIpc) is 3.14. The average molecular weight is 369 g/mol. The maximum atomic E-state index is 12.3. The van der Waals surface area contributed by atoms with Gasteiger partial charge in [-0.05, 0) is 54.7 Å². The lowest BCUT2D eigenvalue weighted by Crippen LogP contribution is -3.07. The fourth-order valence-electron chi connectivity index (χ4n) is 3.63. The molecule has 5 nitrogen and oxygen atoms in total. The van der Waals surface area contributed by atoms with Gasteiger partial charge in [-0.1, -0.05) is 18.2 Å². The number of carbonyl (C=O) groups is 1. The number of para-hydroxylation sites is 1. The van der Waals surface area contributed by atoms with Crippen LogP contribution in [0.15, 0.2) is 42.5 Å². The van der Waals surface area contributed by atoms with Crippen LogP contribution in [-0.2, 0) is 17.6 Å². The number of likely N-dealkylation sites (N-methyl/N-ethyl adjacent to an activating group) is 1. The SMILES string of the molecule is COc1ccccc1[C@@H](CNC(=O)COc1ccc2c(c1)CCC2)[NH+](C)C. The lowest BCUT2D eigenvalue weighted by molar-refractivity contribution is -0.890. The second-order valence-corrected chi connectivity index (χ2v) is 7.25. The molecule has 0 heterocycles. The summed E-state index contributed by atoms with van der Waals surface area (Å²) in [5, 5.41) is 3.00. The van der Waals surface area contributed by atoms with E-state index in [1.54, 1.807) is 7.11 Å². The minimum atomic E-state index is -0.114. The Morgan fingerprint density at radius 3 is 2.70 bits per heavy atom. The van der Waals surface area contributed by atoms with Crippen LogP contribution in [0.25, 0.3) is 0 Å². The van der Waals surface area contributed by atoms with Gasteiger partial charge in [0, 0.05) is 0 Å². The molecule has 0 radical (unpaired) electrons. The van der Waals surface area contributed by atoms with E-state index in [4.69, 9.17) is 9.47 Å². The molecule has 144 valence electrons. The van der Waals surface area contributed by atoms with Crippen molar-refractivity contribution in [3.05, 3.63) is 59.2 Å². The largest absolute Gasteiger partial charge is 0.496 e. The molecule has 1 atom stereocenters. The Morgan fingerprint density at radius 1 is 1.15 bits per heavy atom. The zero-order chi connectivity index (χ0) is 19.2. The van der Waals surface area contributed by atoms with Gasteiger partial charge in [-0.2, -0.15) is 0 Å². The quantitative estimate of drug-likeness (QED) is 0.743. The van der Waals surface area contributed by atoms with Gasteiger partial charge in [-0.15, -0.1) is 0 Å². The molecular weight excluding hydrogens is 340 g/mol. The number of methoxy groups -OCH3 is 1. The summed E-state index contributed by atoms with van der Waals surface area (Å²) in [6.07, 6.45) is 3.45. The van der Waals surface area contributed by atoms with E-state index in [2.05, 4.69) is 31.5 Å².